The summed E-state index contributed by atoms with van der Waals surface area (Å²) in [7, 11) is 0. The lowest BCUT2D eigenvalue weighted by molar-refractivity contribution is 0.0834. The molecular weight excluding hydrogens is 240 g/mol. The van der Waals surface area contributed by atoms with Gasteiger partial charge in [0.1, 0.15) is 0 Å². The maximum absolute atomic E-state index is 11.6. The van der Waals surface area contributed by atoms with Gasteiger partial charge in [0, 0.05) is 25.2 Å². The smallest absolute Gasteiger partial charge is 0.407 e. The number of carbonyl (C=O) groups is 1. The number of hydrogen-bond acceptors (Lipinski definition) is 3. The van der Waals surface area contributed by atoms with Gasteiger partial charge in [-0.2, -0.15) is 0 Å². The lowest BCUT2D eigenvalue weighted by Gasteiger charge is -2.41. The molecule has 1 heterocycles. The van der Waals surface area contributed by atoms with Crippen molar-refractivity contribution in [3.63, 3.8) is 0 Å². The zero-order valence-corrected chi connectivity index (χ0v) is 12.5. The lowest BCUT2D eigenvalue weighted by atomic mass is 9.93. The van der Waals surface area contributed by atoms with E-state index in [2.05, 4.69) is 24.1 Å². The highest BCUT2D eigenvalue weighted by Gasteiger charge is 2.37. The Labute approximate surface area is 116 Å². The van der Waals surface area contributed by atoms with Crippen LogP contribution < -0.4 is 5.32 Å². The summed E-state index contributed by atoms with van der Waals surface area (Å²) < 4.78 is 4.99. The zero-order chi connectivity index (χ0) is 13.8. The van der Waals surface area contributed by atoms with E-state index in [1.165, 1.54) is 25.8 Å². The Balaban J connectivity index is 1.89. The Morgan fingerprint density at radius 2 is 2.11 bits per heavy atom. The van der Waals surface area contributed by atoms with Gasteiger partial charge in [0.2, 0.25) is 0 Å². The van der Waals surface area contributed by atoms with Gasteiger partial charge in [0.15, 0.2) is 0 Å². The number of alkyl carbamates (subject to hydrolysis) is 1. The number of nitrogens with zero attached hydrogens (tertiary/aromatic N) is 1. The molecule has 1 saturated carbocycles. The van der Waals surface area contributed by atoms with Gasteiger partial charge in [-0.25, -0.2) is 4.79 Å². The Morgan fingerprint density at radius 1 is 1.37 bits per heavy atom. The summed E-state index contributed by atoms with van der Waals surface area (Å²) >= 11 is 0. The molecule has 0 aromatic carbocycles. The molecule has 0 radical (unpaired) electrons. The van der Waals surface area contributed by atoms with E-state index < -0.39 is 0 Å². The molecule has 1 aliphatic carbocycles. The second-order valence-corrected chi connectivity index (χ2v) is 6.17. The fourth-order valence-corrected chi connectivity index (χ4v) is 3.48. The average molecular weight is 268 g/mol. The van der Waals surface area contributed by atoms with Crippen LogP contribution in [-0.4, -0.2) is 42.8 Å². The van der Waals surface area contributed by atoms with Gasteiger partial charge in [-0.3, -0.25) is 4.90 Å². The van der Waals surface area contributed by atoms with E-state index in [1.54, 1.807) is 0 Å². The number of hydrogen-bond donors (Lipinski definition) is 1. The number of likely N-dealkylation sites (tertiary alicyclic amines) is 1. The minimum Gasteiger partial charge on any atom is -0.450 e. The first-order valence-corrected chi connectivity index (χ1v) is 7.81. The Kier molecular flexibility index (Phi) is 5.08. The Morgan fingerprint density at radius 3 is 2.68 bits per heavy atom. The highest BCUT2D eigenvalue weighted by molar-refractivity contribution is 5.67. The van der Waals surface area contributed by atoms with Crippen LogP contribution >= 0.6 is 0 Å². The number of amides is 1. The number of ether oxygens (including phenoxy) is 1. The van der Waals surface area contributed by atoms with E-state index in [0.717, 1.165) is 18.9 Å². The summed E-state index contributed by atoms with van der Waals surface area (Å²) in [6.45, 7) is 9.02. The first-order chi connectivity index (χ1) is 9.13. The van der Waals surface area contributed by atoms with E-state index in [4.69, 9.17) is 4.74 Å². The molecule has 2 fully saturated rings. The van der Waals surface area contributed by atoms with E-state index in [0.29, 0.717) is 18.6 Å². The summed E-state index contributed by atoms with van der Waals surface area (Å²) in [6.07, 6.45) is 4.81. The van der Waals surface area contributed by atoms with Gasteiger partial charge in [-0.1, -0.05) is 13.8 Å². The molecule has 1 amide bonds. The second kappa shape index (κ2) is 6.60. The quantitative estimate of drug-likeness (QED) is 0.833. The summed E-state index contributed by atoms with van der Waals surface area (Å²) in [5.41, 5.74) is 0. The molecule has 1 saturated heterocycles. The summed E-state index contributed by atoms with van der Waals surface area (Å²) in [6, 6.07) is 0.963. The fraction of sp³-hybridized carbons (Fsp3) is 0.933. The molecular formula is C15H28N2O2. The first kappa shape index (κ1) is 14.6. The first-order valence-electron chi connectivity index (χ1n) is 7.81. The van der Waals surface area contributed by atoms with Crippen LogP contribution in [0.5, 0.6) is 0 Å². The van der Waals surface area contributed by atoms with E-state index >= 15 is 0 Å². The largest absolute Gasteiger partial charge is 0.450 e. The predicted octanol–water partition coefficient (Wildman–Crippen LogP) is 2.63. The molecule has 19 heavy (non-hydrogen) atoms. The number of rotatable bonds is 5. The van der Waals surface area contributed by atoms with Crippen LogP contribution in [-0.2, 0) is 4.74 Å². The topological polar surface area (TPSA) is 41.6 Å². The highest BCUT2D eigenvalue weighted by atomic mass is 16.5. The summed E-state index contributed by atoms with van der Waals surface area (Å²) in [4.78, 5) is 14.2. The van der Waals surface area contributed by atoms with Crippen molar-refractivity contribution >= 4 is 6.09 Å². The molecule has 0 spiro atoms. The molecule has 1 aliphatic heterocycles. The van der Waals surface area contributed by atoms with Crippen LogP contribution in [0.25, 0.3) is 0 Å². The van der Waals surface area contributed by atoms with Crippen LogP contribution in [0.2, 0.25) is 0 Å². The SMILES string of the molecule is CCOC(=O)NC1CC(C)CN(C(CC)C2CC2)C1. The molecule has 110 valence electrons. The van der Waals surface area contributed by atoms with Crippen LogP contribution in [0.3, 0.4) is 0 Å². The van der Waals surface area contributed by atoms with E-state index in [-0.39, 0.29) is 12.1 Å². The van der Waals surface area contributed by atoms with E-state index in [9.17, 15) is 4.79 Å². The van der Waals surface area contributed by atoms with E-state index in [1.807, 2.05) is 6.92 Å². The Bertz CT molecular complexity index is 305. The molecule has 2 rings (SSSR count). The normalized spacial score (nSPS) is 29.8. The zero-order valence-electron chi connectivity index (χ0n) is 12.5. The lowest BCUT2D eigenvalue weighted by Crippen LogP contribution is -2.53. The number of piperidine rings is 1. The molecule has 0 aromatic rings. The van der Waals surface area contributed by atoms with Gasteiger partial charge in [-0.05, 0) is 44.4 Å². The summed E-state index contributed by atoms with van der Waals surface area (Å²) in [5.74, 6) is 1.55. The summed E-state index contributed by atoms with van der Waals surface area (Å²) in [5, 5.41) is 3.02. The van der Waals surface area contributed by atoms with Crippen molar-refractivity contribution < 1.29 is 9.53 Å². The third-order valence-corrected chi connectivity index (χ3v) is 4.34. The molecule has 4 nitrogen and oxygen atoms in total. The van der Waals surface area contributed by atoms with Gasteiger partial charge < -0.3 is 10.1 Å². The van der Waals surface area contributed by atoms with Crippen molar-refractivity contribution in [2.24, 2.45) is 11.8 Å². The molecule has 3 unspecified atom stereocenters. The molecule has 2 aliphatic rings. The number of nitrogens with one attached hydrogen (secondary N) is 1. The van der Waals surface area contributed by atoms with Gasteiger partial charge >= 0.3 is 6.09 Å². The molecule has 1 N–H and O–H groups in total. The van der Waals surface area contributed by atoms with Crippen LogP contribution in [0.4, 0.5) is 4.79 Å². The predicted molar refractivity (Wildman–Crippen MR) is 76.1 cm³/mol. The van der Waals surface area contributed by atoms with Crippen molar-refractivity contribution in [2.75, 3.05) is 19.7 Å². The molecule has 4 heteroatoms. The minimum absolute atomic E-state index is 0.246. The molecule has 0 bridgehead atoms. The molecule has 0 aromatic heterocycles. The third-order valence-electron chi connectivity index (χ3n) is 4.34. The van der Waals surface area contributed by atoms with Crippen LogP contribution in [0.15, 0.2) is 0 Å². The number of carbonyl (C=O) groups excluding carboxylic acids is 1. The molecule has 3 atom stereocenters. The van der Waals surface area contributed by atoms with Gasteiger partial charge in [0.05, 0.1) is 6.61 Å². The van der Waals surface area contributed by atoms with Crippen molar-refractivity contribution in [3.8, 4) is 0 Å². The van der Waals surface area contributed by atoms with Gasteiger partial charge in [0.25, 0.3) is 0 Å². The van der Waals surface area contributed by atoms with Crippen molar-refractivity contribution in [3.05, 3.63) is 0 Å². The van der Waals surface area contributed by atoms with Crippen molar-refractivity contribution in [1.29, 1.82) is 0 Å². The van der Waals surface area contributed by atoms with Crippen LogP contribution in [0.1, 0.15) is 46.5 Å². The average Bonchev–Trinajstić information content (AvgIpc) is 3.14. The third kappa shape index (κ3) is 4.10. The van der Waals surface area contributed by atoms with Crippen molar-refractivity contribution in [2.45, 2.75) is 58.5 Å². The highest BCUT2D eigenvalue weighted by Crippen LogP contribution is 2.38. The van der Waals surface area contributed by atoms with Gasteiger partial charge in [-0.15, -0.1) is 0 Å². The Hall–Kier alpha value is -0.770. The van der Waals surface area contributed by atoms with Crippen LogP contribution in [0, 0.1) is 11.8 Å². The maximum Gasteiger partial charge on any atom is 0.407 e. The van der Waals surface area contributed by atoms with Crippen molar-refractivity contribution in [1.82, 2.24) is 10.2 Å². The standard InChI is InChI=1S/C15H28N2O2/c1-4-14(12-6-7-12)17-9-11(3)8-13(10-17)16-15(18)19-5-2/h11-14H,4-10H2,1-3H3,(H,16,18). The second-order valence-electron chi connectivity index (χ2n) is 6.17. The maximum atomic E-state index is 11.6. The fourth-order valence-electron chi connectivity index (χ4n) is 3.48. The monoisotopic (exact) mass is 268 g/mol. The minimum atomic E-state index is -0.263.